The summed E-state index contributed by atoms with van der Waals surface area (Å²) in [7, 11) is 0. The number of nitrogens with two attached hydrogens (primary N) is 2. The van der Waals surface area contributed by atoms with Crippen LogP contribution in [0.15, 0.2) is 60.7 Å². The Balaban J connectivity index is 1.65. The van der Waals surface area contributed by atoms with Crippen molar-refractivity contribution in [3.63, 3.8) is 0 Å². The molecule has 0 bridgehead atoms. The van der Waals surface area contributed by atoms with Crippen LogP contribution in [0.2, 0.25) is 0 Å². The van der Waals surface area contributed by atoms with Crippen LogP contribution >= 0.6 is 11.3 Å². The molecule has 8 nitrogen and oxygen atoms in total. The maximum absolute atomic E-state index is 12.4. The molecule has 0 aliphatic heterocycles. The van der Waals surface area contributed by atoms with Crippen molar-refractivity contribution in [1.29, 1.82) is 0 Å². The molecule has 29 heavy (non-hydrogen) atoms. The Morgan fingerprint density at radius 2 is 1.62 bits per heavy atom. The van der Waals surface area contributed by atoms with Crippen molar-refractivity contribution < 1.29 is 19.1 Å². The highest BCUT2D eigenvalue weighted by molar-refractivity contribution is 7.20. The summed E-state index contributed by atoms with van der Waals surface area (Å²) in [4.78, 5) is 35.0. The van der Waals surface area contributed by atoms with Crippen molar-refractivity contribution in [2.45, 2.75) is 6.61 Å². The lowest BCUT2D eigenvalue weighted by Gasteiger charge is -2.07. The van der Waals surface area contributed by atoms with Crippen LogP contribution in [0.1, 0.15) is 26.3 Å². The molecule has 0 aliphatic rings. The Kier molecular flexibility index (Phi) is 6.10. The number of hydrogen-bond acceptors (Lipinski definition) is 5. The number of nitrogens with one attached hydrogen (secondary N) is 2. The fourth-order valence-corrected chi connectivity index (χ4v) is 3.43. The minimum absolute atomic E-state index is 0.0637. The normalized spacial score (nSPS) is 10.2. The molecule has 0 unspecified atom stereocenters. The van der Waals surface area contributed by atoms with Gasteiger partial charge >= 0.3 is 6.03 Å². The SMILES string of the molecule is NC(=O)Nc1sc(NC(=O)c2ccc(OCc3ccccc3)cc2)cc1C(N)=O. The Labute approximate surface area is 170 Å². The van der Waals surface area contributed by atoms with E-state index in [2.05, 4.69) is 10.6 Å². The topological polar surface area (TPSA) is 137 Å². The Morgan fingerprint density at radius 3 is 2.24 bits per heavy atom. The zero-order valence-corrected chi connectivity index (χ0v) is 16.0. The lowest BCUT2D eigenvalue weighted by atomic mass is 10.2. The van der Waals surface area contributed by atoms with Crippen molar-refractivity contribution in [3.8, 4) is 5.75 Å². The van der Waals surface area contributed by atoms with Gasteiger partial charge in [-0.3, -0.25) is 14.9 Å². The predicted molar refractivity (Wildman–Crippen MR) is 111 cm³/mol. The van der Waals surface area contributed by atoms with E-state index in [9.17, 15) is 14.4 Å². The van der Waals surface area contributed by atoms with E-state index in [-0.39, 0.29) is 16.5 Å². The zero-order valence-electron chi connectivity index (χ0n) is 15.2. The summed E-state index contributed by atoms with van der Waals surface area (Å²) in [6.45, 7) is 0.424. The number of carbonyl (C=O) groups is 3. The average molecular weight is 410 g/mol. The third-order valence-electron chi connectivity index (χ3n) is 3.84. The third-order valence-corrected chi connectivity index (χ3v) is 4.80. The quantitative estimate of drug-likeness (QED) is 0.475. The van der Waals surface area contributed by atoms with Gasteiger partial charge in [-0.15, -0.1) is 0 Å². The van der Waals surface area contributed by atoms with E-state index in [1.165, 1.54) is 6.07 Å². The molecular formula is C20H18N4O4S. The van der Waals surface area contributed by atoms with Gasteiger partial charge in [0.15, 0.2) is 0 Å². The van der Waals surface area contributed by atoms with Crippen LogP contribution in [0.5, 0.6) is 5.75 Å². The molecule has 0 saturated carbocycles. The number of amides is 4. The molecule has 148 valence electrons. The highest BCUT2D eigenvalue weighted by Crippen LogP contribution is 2.32. The van der Waals surface area contributed by atoms with E-state index in [4.69, 9.17) is 16.2 Å². The molecule has 0 atom stereocenters. The van der Waals surface area contributed by atoms with Gasteiger partial charge in [0.1, 0.15) is 17.4 Å². The number of ether oxygens (including phenoxy) is 1. The summed E-state index contributed by atoms with van der Waals surface area (Å²) in [5.41, 5.74) is 11.9. The van der Waals surface area contributed by atoms with Crippen LogP contribution in [0.4, 0.5) is 14.8 Å². The summed E-state index contributed by atoms with van der Waals surface area (Å²) in [6, 6.07) is 16.9. The van der Waals surface area contributed by atoms with Gasteiger partial charge in [-0.25, -0.2) is 4.79 Å². The first-order chi connectivity index (χ1) is 13.9. The molecule has 4 amide bonds. The van der Waals surface area contributed by atoms with E-state index in [1.54, 1.807) is 24.3 Å². The predicted octanol–water partition coefficient (Wildman–Crippen LogP) is 3.17. The van der Waals surface area contributed by atoms with Gasteiger partial charge in [-0.2, -0.15) is 0 Å². The van der Waals surface area contributed by atoms with E-state index in [0.717, 1.165) is 16.9 Å². The third kappa shape index (κ3) is 5.33. The first kappa shape index (κ1) is 19.9. The monoisotopic (exact) mass is 410 g/mol. The Bertz CT molecular complexity index is 1030. The minimum atomic E-state index is -0.835. The number of carbonyl (C=O) groups excluding carboxylic acids is 3. The smallest absolute Gasteiger partial charge is 0.317 e. The fraction of sp³-hybridized carbons (Fsp3) is 0.0500. The standard InChI is InChI=1S/C20H18N4O4S/c21-17(25)15-10-16(29-19(15)24-20(22)27)23-18(26)13-6-8-14(9-7-13)28-11-12-4-2-1-3-5-12/h1-10H,11H2,(H2,21,25)(H,23,26)(H3,22,24,27). The van der Waals surface area contributed by atoms with Crippen LogP contribution in [-0.4, -0.2) is 17.8 Å². The van der Waals surface area contributed by atoms with Crippen molar-refractivity contribution in [2.24, 2.45) is 11.5 Å². The molecule has 0 saturated heterocycles. The molecule has 3 aromatic rings. The maximum atomic E-state index is 12.4. The molecule has 3 rings (SSSR count). The van der Waals surface area contributed by atoms with Crippen LogP contribution in [0.3, 0.4) is 0 Å². The van der Waals surface area contributed by atoms with Crippen LogP contribution < -0.4 is 26.8 Å². The molecule has 0 fully saturated rings. The largest absolute Gasteiger partial charge is 0.489 e. The summed E-state index contributed by atoms with van der Waals surface area (Å²) < 4.78 is 5.69. The van der Waals surface area contributed by atoms with E-state index in [0.29, 0.717) is 22.9 Å². The van der Waals surface area contributed by atoms with Crippen molar-refractivity contribution >= 4 is 39.2 Å². The number of anilines is 2. The van der Waals surface area contributed by atoms with Crippen molar-refractivity contribution in [2.75, 3.05) is 10.6 Å². The summed E-state index contributed by atoms with van der Waals surface area (Å²) in [6.07, 6.45) is 0. The van der Waals surface area contributed by atoms with Crippen molar-refractivity contribution in [3.05, 3.63) is 77.4 Å². The summed E-state index contributed by atoms with van der Waals surface area (Å²) in [5.74, 6) is -0.501. The molecule has 1 heterocycles. The molecule has 0 spiro atoms. The first-order valence-electron chi connectivity index (χ1n) is 8.50. The number of primary amides is 2. The highest BCUT2D eigenvalue weighted by Gasteiger charge is 2.17. The fourth-order valence-electron chi connectivity index (χ4n) is 2.47. The van der Waals surface area contributed by atoms with Gasteiger partial charge < -0.3 is 21.5 Å². The van der Waals surface area contributed by atoms with Gasteiger partial charge in [0.05, 0.1) is 10.6 Å². The van der Waals surface area contributed by atoms with Gasteiger partial charge in [0.25, 0.3) is 11.8 Å². The lowest BCUT2D eigenvalue weighted by molar-refractivity contribution is 0.0997. The Morgan fingerprint density at radius 1 is 0.931 bits per heavy atom. The number of rotatable bonds is 7. The lowest BCUT2D eigenvalue weighted by Crippen LogP contribution is -2.21. The summed E-state index contributed by atoms with van der Waals surface area (Å²) >= 11 is 0.979. The molecule has 9 heteroatoms. The molecule has 2 aromatic carbocycles. The van der Waals surface area contributed by atoms with Crippen LogP contribution in [0.25, 0.3) is 0 Å². The molecule has 6 N–H and O–H groups in total. The number of thiophene rings is 1. The van der Waals surface area contributed by atoms with Crippen molar-refractivity contribution in [1.82, 2.24) is 0 Å². The molecule has 1 aromatic heterocycles. The number of urea groups is 1. The second-order valence-electron chi connectivity index (χ2n) is 5.96. The maximum Gasteiger partial charge on any atom is 0.317 e. The second kappa shape index (κ2) is 8.89. The molecule has 0 aliphatic carbocycles. The minimum Gasteiger partial charge on any atom is -0.489 e. The highest BCUT2D eigenvalue weighted by atomic mass is 32.1. The second-order valence-corrected chi connectivity index (χ2v) is 7.01. The average Bonchev–Trinajstić information content (AvgIpc) is 3.09. The van der Waals surface area contributed by atoms with Gasteiger partial charge in [-0.1, -0.05) is 41.7 Å². The van der Waals surface area contributed by atoms with E-state index >= 15 is 0 Å². The number of hydrogen-bond donors (Lipinski definition) is 4. The van der Waals surface area contributed by atoms with E-state index in [1.807, 2.05) is 30.3 Å². The van der Waals surface area contributed by atoms with Gasteiger partial charge in [-0.05, 0) is 35.9 Å². The Hall–Kier alpha value is -3.85. The van der Waals surface area contributed by atoms with Gasteiger partial charge in [0, 0.05) is 5.56 Å². The number of benzene rings is 2. The van der Waals surface area contributed by atoms with Crippen LogP contribution in [0, 0.1) is 0 Å². The summed E-state index contributed by atoms with van der Waals surface area (Å²) in [5, 5.41) is 5.49. The first-order valence-corrected chi connectivity index (χ1v) is 9.32. The van der Waals surface area contributed by atoms with Gasteiger partial charge in [0.2, 0.25) is 0 Å². The van der Waals surface area contributed by atoms with E-state index < -0.39 is 11.9 Å². The molecular weight excluding hydrogens is 392 g/mol. The zero-order chi connectivity index (χ0) is 20.8. The van der Waals surface area contributed by atoms with Crippen LogP contribution in [-0.2, 0) is 6.61 Å². The molecule has 0 radical (unpaired) electrons.